The highest BCUT2D eigenvalue weighted by atomic mass is 35.7. The van der Waals surface area contributed by atoms with Crippen LogP contribution in [0.4, 0.5) is 0 Å². The van der Waals surface area contributed by atoms with E-state index in [1.165, 1.54) is 12.1 Å². The number of rotatable bonds is 7. The number of carboxylic acids is 1. The van der Waals surface area contributed by atoms with Gasteiger partial charge in [0.2, 0.25) is 0 Å². The molecule has 104 valence electrons. The van der Waals surface area contributed by atoms with Gasteiger partial charge in [-0.15, -0.1) is 6.58 Å². The first-order valence-corrected chi connectivity index (χ1v) is 7.73. The number of halogens is 1. The van der Waals surface area contributed by atoms with Gasteiger partial charge in [-0.1, -0.05) is 6.08 Å². The summed E-state index contributed by atoms with van der Waals surface area (Å²) >= 11 is 0. The van der Waals surface area contributed by atoms with E-state index in [0.717, 1.165) is 12.5 Å². The van der Waals surface area contributed by atoms with Crippen molar-refractivity contribution in [1.82, 2.24) is 0 Å². The maximum absolute atomic E-state index is 11.4. The zero-order valence-corrected chi connectivity index (χ0v) is 11.6. The average Bonchev–Trinajstić information content (AvgIpc) is 2.33. The van der Waals surface area contributed by atoms with Crippen molar-refractivity contribution in [3.63, 3.8) is 0 Å². The van der Waals surface area contributed by atoms with Gasteiger partial charge in [-0.3, -0.25) is 0 Å². The Morgan fingerprint density at radius 2 is 2.16 bits per heavy atom. The number of ether oxygens (including phenoxy) is 1. The number of allylic oxidation sites excluding steroid dienone is 1. The quantitative estimate of drug-likeness (QED) is 0.476. The van der Waals surface area contributed by atoms with Gasteiger partial charge < -0.3 is 9.84 Å². The Hall–Kier alpha value is -1.53. The van der Waals surface area contributed by atoms with Crippen LogP contribution < -0.4 is 4.74 Å². The summed E-state index contributed by atoms with van der Waals surface area (Å²) in [6.45, 7) is 3.84. The molecule has 19 heavy (non-hydrogen) atoms. The summed E-state index contributed by atoms with van der Waals surface area (Å²) in [6.07, 6.45) is 3.12. The smallest absolute Gasteiger partial charge is 0.335 e. The Morgan fingerprint density at radius 3 is 2.68 bits per heavy atom. The van der Waals surface area contributed by atoms with Crippen molar-refractivity contribution in [2.24, 2.45) is 0 Å². The molecule has 0 aliphatic rings. The fourth-order valence-electron chi connectivity index (χ4n) is 1.36. The summed E-state index contributed by atoms with van der Waals surface area (Å²) in [7, 11) is 1.20. The molecule has 0 unspecified atom stereocenters. The predicted octanol–water partition coefficient (Wildman–Crippen LogP) is 2.66. The van der Waals surface area contributed by atoms with E-state index in [4.69, 9.17) is 20.5 Å². The molecule has 0 bridgehead atoms. The maximum Gasteiger partial charge on any atom is 0.335 e. The molecule has 0 radical (unpaired) electrons. The molecule has 0 saturated heterocycles. The molecule has 5 nitrogen and oxygen atoms in total. The minimum absolute atomic E-state index is 0.0454. The van der Waals surface area contributed by atoms with Crippen molar-refractivity contribution >= 4 is 25.7 Å². The zero-order valence-electron chi connectivity index (χ0n) is 10.0. The lowest BCUT2D eigenvalue weighted by molar-refractivity contribution is 0.0696. The van der Waals surface area contributed by atoms with Gasteiger partial charge in [-0.05, 0) is 31.0 Å². The van der Waals surface area contributed by atoms with Gasteiger partial charge in [0.1, 0.15) is 10.6 Å². The fourth-order valence-corrected chi connectivity index (χ4v) is 2.36. The monoisotopic (exact) mass is 304 g/mol. The lowest BCUT2D eigenvalue weighted by Gasteiger charge is -2.09. The second-order valence-corrected chi connectivity index (χ2v) is 6.22. The molecule has 0 spiro atoms. The van der Waals surface area contributed by atoms with Crippen LogP contribution in [0.2, 0.25) is 0 Å². The van der Waals surface area contributed by atoms with E-state index < -0.39 is 15.0 Å². The molecule has 0 saturated carbocycles. The number of carboxylic acid groups (broad SMARTS) is 1. The standard InChI is InChI=1S/C12H13ClO5S/c1-2-3-4-7-18-10-6-5-9(12(14)15)8-11(10)19(13,16)17/h2,5-6,8H,1,3-4,7H2,(H,14,15). The summed E-state index contributed by atoms with van der Waals surface area (Å²) in [5, 5.41) is 8.82. The van der Waals surface area contributed by atoms with Gasteiger partial charge in [0, 0.05) is 10.7 Å². The molecule has 0 atom stereocenters. The van der Waals surface area contributed by atoms with Crippen LogP contribution in [0.25, 0.3) is 0 Å². The first-order chi connectivity index (χ1) is 8.86. The summed E-state index contributed by atoms with van der Waals surface area (Å²) in [5.74, 6) is -1.19. The summed E-state index contributed by atoms with van der Waals surface area (Å²) < 4.78 is 28.1. The van der Waals surface area contributed by atoms with E-state index in [9.17, 15) is 13.2 Å². The van der Waals surface area contributed by atoms with Gasteiger partial charge in [-0.25, -0.2) is 13.2 Å². The maximum atomic E-state index is 11.4. The van der Waals surface area contributed by atoms with Crippen LogP contribution in [0.15, 0.2) is 35.7 Å². The van der Waals surface area contributed by atoms with E-state index in [-0.39, 0.29) is 22.8 Å². The van der Waals surface area contributed by atoms with Crippen LogP contribution in [0.3, 0.4) is 0 Å². The lowest BCUT2D eigenvalue weighted by atomic mass is 10.2. The van der Waals surface area contributed by atoms with Crippen molar-refractivity contribution in [2.45, 2.75) is 17.7 Å². The van der Waals surface area contributed by atoms with E-state index in [2.05, 4.69) is 6.58 Å². The van der Waals surface area contributed by atoms with Crippen LogP contribution in [0.1, 0.15) is 23.2 Å². The van der Waals surface area contributed by atoms with E-state index >= 15 is 0 Å². The number of hydrogen-bond donors (Lipinski definition) is 1. The first-order valence-electron chi connectivity index (χ1n) is 5.42. The highest BCUT2D eigenvalue weighted by Gasteiger charge is 2.19. The molecule has 0 heterocycles. The van der Waals surface area contributed by atoms with Gasteiger partial charge in [0.15, 0.2) is 0 Å². The molecule has 0 amide bonds. The molecular weight excluding hydrogens is 292 g/mol. The predicted molar refractivity (Wildman–Crippen MR) is 71.4 cm³/mol. The molecule has 0 aliphatic carbocycles. The second-order valence-electron chi connectivity index (χ2n) is 3.68. The molecule has 7 heteroatoms. The number of unbranched alkanes of at least 4 members (excludes halogenated alkanes) is 1. The minimum Gasteiger partial charge on any atom is -0.492 e. The van der Waals surface area contributed by atoms with Crippen molar-refractivity contribution in [2.75, 3.05) is 6.61 Å². The van der Waals surface area contributed by atoms with Crippen LogP contribution >= 0.6 is 10.7 Å². The molecule has 0 aromatic heterocycles. The number of benzene rings is 1. The van der Waals surface area contributed by atoms with E-state index in [1.54, 1.807) is 6.08 Å². The van der Waals surface area contributed by atoms with Crippen LogP contribution in [0, 0.1) is 0 Å². The largest absolute Gasteiger partial charge is 0.492 e. The highest BCUT2D eigenvalue weighted by Crippen LogP contribution is 2.28. The van der Waals surface area contributed by atoms with E-state index in [1.807, 2.05) is 0 Å². The highest BCUT2D eigenvalue weighted by molar-refractivity contribution is 8.13. The van der Waals surface area contributed by atoms with Crippen LogP contribution in [-0.4, -0.2) is 26.1 Å². The van der Waals surface area contributed by atoms with Crippen molar-refractivity contribution < 1.29 is 23.1 Å². The topological polar surface area (TPSA) is 80.7 Å². The normalized spacial score (nSPS) is 11.0. The minimum atomic E-state index is -4.07. The Labute approximate surface area is 115 Å². The molecule has 1 N–H and O–H groups in total. The Kier molecular flexibility index (Phi) is 5.38. The SMILES string of the molecule is C=CCCCOc1ccc(C(=O)O)cc1S(=O)(=O)Cl. The van der Waals surface area contributed by atoms with Gasteiger partial charge in [-0.2, -0.15) is 0 Å². The van der Waals surface area contributed by atoms with Crippen molar-refractivity contribution in [1.29, 1.82) is 0 Å². The van der Waals surface area contributed by atoms with Gasteiger partial charge in [0.25, 0.3) is 9.05 Å². The zero-order chi connectivity index (χ0) is 14.5. The van der Waals surface area contributed by atoms with E-state index in [0.29, 0.717) is 6.42 Å². The molecule has 1 aromatic carbocycles. The van der Waals surface area contributed by atoms with Crippen LogP contribution in [0.5, 0.6) is 5.75 Å². The number of hydrogen-bond acceptors (Lipinski definition) is 4. The van der Waals surface area contributed by atoms with Crippen LogP contribution in [-0.2, 0) is 9.05 Å². The van der Waals surface area contributed by atoms with Gasteiger partial charge >= 0.3 is 5.97 Å². The average molecular weight is 305 g/mol. The molecule has 0 fully saturated rings. The van der Waals surface area contributed by atoms with Gasteiger partial charge in [0.05, 0.1) is 12.2 Å². The Morgan fingerprint density at radius 1 is 1.47 bits per heavy atom. The Bertz CT molecular complexity index is 580. The number of carbonyl (C=O) groups is 1. The summed E-state index contributed by atoms with van der Waals surface area (Å²) in [4.78, 5) is 10.5. The Balaban J connectivity index is 3.03. The molecule has 1 aromatic rings. The summed E-state index contributed by atoms with van der Waals surface area (Å²) in [6, 6.07) is 3.52. The third kappa shape index (κ3) is 4.57. The number of aromatic carboxylic acids is 1. The third-order valence-electron chi connectivity index (χ3n) is 2.26. The second kappa shape index (κ2) is 6.58. The lowest BCUT2D eigenvalue weighted by Crippen LogP contribution is -2.04. The van der Waals surface area contributed by atoms with Crippen molar-refractivity contribution in [3.05, 3.63) is 36.4 Å². The summed E-state index contributed by atoms with van der Waals surface area (Å²) in [5.41, 5.74) is -0.169. The first kappa shape index (κ1) is 15.5. The molecule has 0 aliphatic heterocycles. The third-order valence-corrected chi connectivity index (χ3v) is 3.61. The fraction of sp³-hybridized carbons (Fsp3) is 0.250. The molecular formula is C12H13ClO5S. The molecule has 1 rings (SSSR count). The van der Waals surface area contributed by atoms with Crippen molar-refractivity contribution in [3.8, 4) is 5.75 Å².